The summed E-state index contributed by atoms with van der Waals surface area (Å²) in [4.78, 5) is 28.8. The van der Waals surface area contributed by atoms with E-state index in [1.54, 1.807) is 6.08 Å². The molecule has 1 aliphatic carbocycles. The van der Waals surface area contributed by atoms with Crippen LogP contribution in [0.3, 0.4) is 0 Å². The second kappa shape index (κ2) is 9.42. The highest BCUT2D eigenvalue weighted by Gasteiger charge is 2.44. The first kappa shape index (κ1) is 22.8. The van der Waals surface area contributed by atoms with E-state index in [0.717, 1.165) is 30.4 Å². The molecular weight excluding hydrogens is 446 g/mol. The Kier molecular flexibility index (Phi) is 5.96. The molecule has 2 unspecified atom stereocenters. The van der Waals surface area contributed by atoms with Gasteiger partial charge in [0, 0.05) is 29.5 Å². The number of carbonyl (C=O) groups is 2. The molecule has 0 radical (unpaired) electrons. The minimum Gasteiger partial charge on any atom is -0.448 e. The highest BCUT2D eigenvalue weighted by atomic mass is 16.6. The molecule has 3 aromatic rings. The van der Waals surface area contributed by atoms with Gasteiger partial charge in [-0.3, -0.25) is 4.79 Å². The zero-order valence-electron chi connectivity index (χ0n) is 20.4. The van der Waals surface area contributed by atoms with Crippen molar-refractivity contribution in [2.75, 3.05) is 6.61 Å². The number of ether oxygens (including phenoxy) is 1. The molecule has 3 aromatic carbocycles. The van der Waals surface area contributed by atoms with Gasteiger partial charge in [-0.2, -0.15) is 0 Å². The summed E-state index contributed by atoms with van der Waals surface area (Å²) in [5.41, 5.74) is 6.51. The van der Waals surface area contributed by atoms with Gasteiger partial charge in [-0.15, -0.1) is 0 Å². The van der Waals surface area contributed by atoms with Crippen LogP contribution < -0.4 is 0 Å². The van der Waals surface area contributed by atoms with Gasteiger partial charge < -0.3 is 9.64 Å². The molecule has 0 aromatic heterocycles. The fourth-order valence-electron chi connectivity index (χ4n) is 6.68. The van der Waals surface area contributed by atoms with Crippen molar-refractivity contribution in [1.29, 1.82) is 0 Å². The van der Waals surface area contributed by atoms with Gasteiger partial charge in [0.15, 0.2) is 5.78 Å². The van der Waals surface area contributed by atoms with Crippen LogP contribution >= 0.6 is 0 Å². The average molecular weight is 478 g/mol. The molecule has 36 heavy (non-hydrogen) atoms. The summed E-state index contributed by atoms with van der Waals surface area (Å²) in [6, 6.07) is 24.6. The predicted molar refractivity (Wildman–Crippen MR) is 142 cm³/mol. The van der Waals surface area contributed by atoms with Crippen LogP contribution in [0.4, 0.5) is 4.79 Å². The van der Waals surface area contributed by atoms with Crippen LogP contribution in [-0.4, -0.2) is 35.5 Å². The quantitative estimate of drug-likeness (QED) is 0.368. The third kappa shape index (κ3) is 3.85. The van der Waals surface area contributed by atoms with Crippen LogP contribution in [0.2, 0.25) is 0 Å². The normalized spacial score (nSPS) is 22.4. The number of carbonyl (C=O) groups excluding carboxylic acids is 2. The molecule has 2 heterocycles. The van der Waals surface area contributed by atoms with E-state index < -0.39 is 0 Å². The van der Waals surface area contributed by atoms with Crippen LogP contribution in [0.1, 0.15) is 65.1 Å². The largest absolute Gasteiger partial charge is 0.448 e. The van der Waals surface area contributed by atoms with E-state index in [-0.39, 0.29) is 35.8 Å². The summed E-state index contributed by atoms with van der Waals surface area (Å²) in [7, 11) is 0. The molecule has 0 N–H and O–H groups in total. The maximum Gasteiger partial charge on any atom is 0.410 e. The Morgan fingerprint density at radius 3 is 2.08 bits per heavy atom. The smallest absolute Gasteiger partial charge is 0.410 e. The monoisotopic (exact) mass is 477 g/mol. The molecule has 0 saturated carbocycles. The minimum absolute atomic E-state index is 0.0516. The molecule has 2 fully saturated rings. The van der Waals surface area contributed by atoms with Crippen LogP contribution in [0, 0.1) is 5.92 Å². The summed E-state index contributed by atoms with van der Waals surface area (Å²) < 4.78 is 6.02. The SMILES string of the molecule is C=Cc1ccccc1C(=O)C1CC2CCCC(C1)N2C(=O)OCC1c2ccccc2-c2ccccc21. The van der Waals surface area contributed by atoms with Crippen molar-refractivity contribution in [3.05, 3.63) is 102 Å². The zero-order chi connectivity index (χ0) is 24.6. The second-order valence-corrected chi connectivity index (χ2v) is 10.3. The Labute approximate surface area is 212 Å². The summed E-state index contributed by atoms with van der Waals surface area (Å²) in [6.45, 7) is 4.20. The summed E-state index contributed by atoms with van der Waals surface area (Å²) >= 11 is 0. The number of nitrogens with zero attached hydrogens (tertiary/aromatic N) is 1. The van der Waals surface area contributed by atoms with Gasteiger partial charge in [0.2, 0.25) is 0 Å². The van der Waals surface area contributed by atoms with E-state index in [2.05, 4.69) is 55.1 Å². The molecule has 2 bridgehead atoms. The average Bonchev–Trinajstić information content (AvgIpc) is 3.24. The van der Waals surface area contributed by atoms with Crippen LogP contribution in [-0.2, 0) is 4.74 Å². The molecule has 2 atom stereocenters. The van der Waals surface area contributed by atoms with Gasteiger partial charge in [0.1, 0.15) is 6.61 Å². The number of ketones is 1. The highest BCUT2D eigenvalue weighted by molar-refractivity contribution is 6.01. The lowest BCUT2D eigenvalue weighted by Gasteiger charge is -2.47. The Balaban J connectivity index is 1.17. The van der Waals surface area contributed by atoms with Gasteiger partial charge in [-0.1, -0.05) is 85.5 Å². The molecule has 2 saturated heterocycles. The first-order valence-electron chi connectivity index (χ1n) is 13.0. The Bertz CT molecular complexity index is 1270. The maximum atomic E-state index is 13.4. The van der Waals surface area contributed by atoms with Gasteiger partial charge >= 0.3 is 6.09 Å². The first-order chi connectivity index (χ1) is 17.7. The van der Waals surface area contributed by atoms with Gasteiger partial charge in [0.25, 0.3) is 0 Å². The second-order valence-electron chi connectivity index (χ2n) is 10.3. The van der Waals surface area contributed by atoms with Crippen molar-refractivity contribution in [3.8, 4) is 11.1 Å². The molecular formula is C32H31NO3. The lowest BCUT2D eigenvalue weighted by Crippen LogP contribution is -2.56. The molecule has 6 rings (SSSR count). The van der Waals surface area contributed by atoms with Gasteiger partial charge in [0.05, 0.1) is 0 Å². The van der Waals surface area contributed by atoms with Crippen molar-refractivity contribution in [1.82, 2.24) is 4.90 Å². The van der Waals surface area contributed by atoms with Crippen molar-refractivity contribution in [3.63, 3.8) is 0 Å². The summed E-state index contributed by atoms with van der Waals surface area (Å²) in [5.74, 6) is 0.157. The molecule has 3 aliphatic rings. The lowest BCUT2D eigenvalue weighted by atomic mass is 9.75. The Hall–Kier alpha value is -3.66. The summed E-state index contributed by atoms with van der Waals surface area (Å²) in [6.07, 6.45) is 5.85. The minimum atomic E-state index is -0.232. The van der Waals surface area contributed by atoms with E-state index in [0.29, 0.717) is 19.4 Å². The fraction of sp³-hybridized carbons (Fsp3) is 0.312. The Morgan fingerprint density at radius 2 is 1.44 bits per heavy atom. The van der Waals surface area contributed by atoms with Gasteiger partial charge in [-0.05, 0) is 59.9 Å². The van der Waals surface area contributed by atoms with Crippen molar-refractivity contribution < 1.29 is 14.3 Å². The van der Waals surface area contributed by atoms with Gasteiger partial charge in [-0.25, -0.2) is 4.79 Å². The van der Waals surface area contributed by atoms with E-state index in [1.165, 1.54) is 22.3 Å². The van der Waals surface area contributed by atoms with Crippen molar-refractivity contribution in [2.45, 2.75) is 50.1 Å². The number of hydrogen-bond acceptors (Lipinski definition) is 3. The number of Topliss-reactive ketones (excluding diaryl/α,β-unsaturated/α-hetero) is 1. The molecule has 1 amide bonds. The molecule has 4 nitrogen and oxygen atoms in total. The number of rotatable bonds is 5. The third-order valence-electron chi connectivity index (χ3n) is 8.34. The topological polar surface area (TPSA) is 46.6 Å². The van der Waals surface area contributed by atoms with Crippen LogP contribution in [0.15, 0.2) is 79.4 Å². The zero-order valence-corrected chi connectivity index (χ0v) is 20.4. The van der Waals surface area contributed by atoms with E-state index in [9.17, 15) is 9.59 Å². The number of hydrogen-bond donors (Lipinski definition) is 0. The summed E-state index contributed by atoms with van der Waals surface area (Å²) in [5, 5.41) is 0. The number of amides is 1. The fourth-order valence-corrected chi connectivity index (χ4v) is 6.68. The number of fused-ring (bicyclic) bond motifs is 5. The number of piperidine rings is 2. The van der Waals surface area contributed by atoms with Crippen LogP contribution in [0.5, 0.6) is 0 Å². The van der Waals surface area contributed by atoms with Crippen molar-refractivity contribution >= 4 is 18.0 Å². The molecule has 182 valence electrons. The van der Waals surface area contributed by atoms with Crippen molar-refractivity contribution in [2.24, 2.45) is 5.92 Å². The highest BCUT2D eigenvalue weighted by Crippen LogP contribution is 2.45. The van der Waals surface area contributed by atoms with E-state index >= 15 is 0 Å². The number of benzene rings is 3. The molecule has 0 spiro atoms. The lowest BCUT2D eigenvalue weighted by molar-refractivity contribution is 0.00650. The van der Waals surface area contributed by atoms with E-state index in [1.807, 2.05) is 29.2 Å². The molecule has 2 aliphatic heterocycles. The predicted octanol–water partition coefficient (Wildman–Crippen LogP) is 7.09. The van der Waals surface area contributed by atoms with E-state index in [4.69, 9.17) is 4.74 Å². The first-order valence-corrected chi connectivity index (χ1v) is 13.0. The third-order valence-corrected chi connectivity index (χ3v) is 8.34. The standard InChI is InChI=1S/C32H31NO3/c1-2-21-10-3-4-13-25(21)31(34)22-18-23-11-9-12-24(19-22)33(23)32(35)36-20-30-28-16-7-5-14-26(28)27-15-6-8-17-29(27)30/h2-8,10,13-17,22-24,30H,1,9,11-12,18-20H2. The molecule has 4 heteroatoms. The maximum absolute atomic E-state index is 13.4. The van der Waals surface area contributed by atoms with Crippen LogP contribution in [0.25, 0.3) is 17.2 Å². The Morgan fingerprint density at radius 1 is 0.861 bits per heavy atom.